The van der Waals surface area contributed by atoms with E-state index in [0.29, 0.717) is 17.8 Å². The highest BCUT2D eigenvalue weighted by Crippen LogP contribution is 2.26. The molecule has 1 aliphatic rings. The van der Waals surface area contributed by atoms with Crippen LogP contribution in [0.4, 0.5) is 11.6 Å². The summed E-state index contributed by atoms with van der Waals surface area (Å²) in [5.74, 6) is 1.54. The zero-order valence-corrected chi connectivity index (χ0v) is 9.26. The van der Waals surface area contributed by atoms with Crippen LogP contribution in [0.3, 0.4) is 0 Å². The maximum absolute atomic E-state index is 9.30. The SMILES string of the molecule is Nc1cc(NC2CCCCC2CO)ncn1. The van der Waals surface area contributed by atoms with Crippen molar-refractivity contribution in [2.24, 2.45) is 5.92 Å². The van der Waals surface area contributed by atoms with E-state index in [-0.39, 0.29) is 6.61 Å². The average Bonchev–Trinajstić information content (AvgIpc) is 2.30. The van der Waals surface area contributed by atoms with Gasteiger partial charge in [-0.3, -0.25) is 0 Å². The van der Waals surface area contributed by atoms with Crippen LogP contribution in [-0.2, 0) is 0 Å². The second-order valence-corrected chi connectivity index (χ2v) is 4.31. The van der Waals surface area contributed by atoms with E-state index in [9.17, 15) is 5.11 Å². The Labute approximate surface area is 95.1 Å². The topological polar surface area (TPSA) is 84.1 Å². The number of nitrogen functional groups attached to an aromatic ring is 1. The van der Waals surface area contributed by atoms with Crippen LogP contribution in [0.1, 0.15) is 25.7 Å². The summed E-state index contributed by atoms with van der Waals surface area (Å²) in [5.41, 5.74) is 5.59. The fraction of sp³-hybridized carbons (Fsp3) is 0.636. The third-order valence-corrected chi connectivity index (χ3v) is 3.17. The highest BCUT2D eigenvalue weighted by atomic mass is 16.3. The van der Waals surface area contributed by atoms with Gasteiger partial charge in [-0.05, 0) is 12.8 Å². The van der Waals surface area contributed by atoms with Gasteiger partial charge in [0.1, 0.15) is 18.0 Å². The van der Waals surface area contributed by atoms with Crippen molar-refractivity contribution in [1.82, 2.24) is 9.97 Å². The average molecular weight is 222 g/mol. The first kappa shape index (κ1) is 11.1. The summed E-state index contributed by atoms with van der Waals surface area (Å²) in [6.45, 7) is 0.234. The highest BCUT2D eigenvalue weighted by Gasteiger charge is 2.24. The Hall–Kier alpha value is -1.36. The summed E-state index contributed by atoms with van der Waals surface area (Å²) in [7, 11) is 0. The molecule has 1 aromatic heterocycles. The van der Waals surface area contributed by atoms with E-state index < -0.39 is 0 Å². The number of nitrogens with two attached hydrogens (primary N) is 1. The number of aliphatic hydroxyl groups excluding tert-OH is 1. The molecular weight excluding hydrogens is 204 g/mol. The molecule has 0 aliphatic heterocycles. The molecular formula is C11H18N4O. The highest BCUT2D eigenvalue weighted by molar-refractivity contribution is 5.44. The molecule has 0 saturated heterocycles. The van der Waals surface area contributed by atoms with Crippen molar-refractivity contribution >= 4 is 11.6 Å². The molecule has 0 bridgehead atoms. The molecule has 4 N–H and O–H groups in total. The van der Waals surface area contributed by atoms with Crippen molar-refractivity contribution < 1.29 is 5.11 Å². The predicted octanol–water partition coefficient (Wildman–Crippen LogP) is 1.02. The fourth-order valence-electron chi connectivity index (χ4n) is 2.26. The van der Waals surface area contributed by atoms with E-state index >= 15 is 0 Å². The number of rotatable bonds is 3. The van der Waals surface area contributed by atoms with Gasteiger partial charge in [0.2, 0.25) is 0 Å². The molecule has 0 radical (unpaired) electrons. The molecule has 1 fully saturated rings. The van der Waals surface area contributed by atoms with Crippen LogP contribution in [0.15, 0.2) is 12.4 Å². The Morgan fingerprint density at radius 1 is 1.38 bits per heavy atom. The van der Waals surface area contributed by atoms with Crippen LogP contribution in [-0.4, -0.2) is 27.7 Å². The van der Waals surface area contributed by atoms with Crippen molar-refractivity contribution in [2.45, 2.75) is 31.7 Å². The van der Waals surface area contributed by atoms with Gasteiger partial charge in [0.05, 0.1) is 0 Å². The Morgan fingerprint density at radius 3 is 2.94 bits per heavy atom. The first-order valence-corrected chi connectivity index (χ1v) is 5.74. The number of aliphatic hydroxyl groups is 1. The zero-order chi connectivity index (χ0) is 11.4. The van der Waals surface area contributed by atoms with E-state index in [4.69, 9.17) is 5.73 Å². The van der Waals surface area contributed by atoms with Gasteiger partial charge in [-0.1, -0.05) is 12.8 Å². The molecule has 2 atom stereocenters. The van der Waals surface area contributed by atoms with Gasteiger partial charge in [0.25, 0.3) is 0 Å². The van der Waals surface area contributed by atoms with E-state index in [1.54, 1.807) is 6.07 Å². The van der Waals surface area contributed by atoms with Gasteiger partial charge in [0.15, 0.2) is 0 Å². The summed E-state index contributed by atoms with van der Waals surface area (Å²) in [6.07, 6.45) is 6.02. The van der Waals surface area contributed by atoms with Crippen molar-refractivity contribution in [1.29, 1.82) is 0 Å². The van der Waals surface area contributed by atoms with Crippen molar-refractivity contribution in [3.8, 4) is 0 Å². The molecule has 1 saturated carbocycles. The van der Waals surface area contributed by atoms with E-state index in [1.165, 1.54) is 19.2 Å². The molecule has 0 amide bonds. The van der Waals surface area contributed by atoms with Crippen LogP contribution in [0.25, 0.3) is 0 Å². The molecule has 1 aliphatic carbocycles. The number of hydrogen-bond acceptors (Lipinski definition) is 5. The van der Waals surface area contributed by atoms with Gasteiger partial charge in [0, 0.05) is 24.6 Å². The summed E-state index contributed by atoms with van der Waals surface area (Å²) in [4.78, 5) is 7.97. The Balaban J connectivity index is 2.02. The lowest BCUT2D eigenvalue weighted by Gasteiger charge is -2.31. The van der Waals surface area contributed by atoms with E-state index in [0.717, 1.165) is 18.7 Å². The lowest BCUT2D eigenvalue weighted by molar-refractivity contribution is 0.178. The molecule has 16 heavy (non-hydrogen) atoms. The maximum atomic E-state index is 9.30. The van der Waals surface area contributed by atoms with Crippen LogP contribution < -0.4 is 11.1 Å². The second-order valence-electron chi connectivity index (χ2n) is 4.31. The van der Waals surface area contributed by atoms with Crippen molar-refractivity contribution in [3.05, 3.63) is 12.4 Å². The number of anilines is 2. The minimum Gasteiger partial charge on any atom is -0.396 e. The summed E-state index contributed by atoms with van der Waals surface area (Å²) in [5, 5.41) is 12.6. The Kier molecular flexibility index (Phi) is 3.56. The van der Waals surface area contributed by atoms with Crippen LogP contribution in [0.5, 0.6) is 0 Å². The molecule has 1 heterocycles. The number of aromatic nitrogens is 2. The summed E-state index contributed by atoms with van der Waals surface area (Å²) >= 11 is 0. The first-order valence-electron chi connectivity index (χ1n) is 5.74. The number of hydrogen-bond donors (Lipinski definition) is 3. The quantitative estimate of drug-likeness (QED) is 0.711. The molecule has 5 nitrogen and oxygen atoms in total. The van der Waals surface area contributed by atoms with Gasteiger partial charge in [-0.15, -0.1) is 0 Å². The minimum absolute atomic E-state index is 0.234. The standard InChI is InChI=1S/C11H18N4O/c12-10-5-11(14-7-13-10)15-9-4-2-1-3-8(9)6-16/h5,7-9,16H,1-4,6H2,(H3,12,13,14,15). The molecule has 1 aromatic rings. The maximum Gasteiger partial charge on any atom is 0.131 e. The molecule has 88 valence electrons. The first-order chi connectivity index (χ1) is 7.79. The van der Waals surface area contributed by atoms with E-state index in [1.807, 2.05) is 0 Å². The van der Waals surface area contributed by atoms with Crippen LogP contribution >= 0.6 is 0 Å². The Morgan fingerprint density at radius 2 is 2.19 bits per heavy atom. The lowest BCUT2D eigenvalue weighted by atomic mass is 9.85. The monoisotopic (exact) mass is 222 g/mol. The number of nitrogens with zero attached hydrogens (tertiary/aromatic N) is 2. The third-order valence-electron chi connectivity index (χ3n) is 3.17. The lowest BCUT2D eigenvalue weighted by Crippen LogP contribution is -2.34. The summed E-state index contributed by atoms with van der Waals surface area (Å²) < 4.78 is 0. The molecule has 0 aromatic carbocycles. The normalized spacial score (nSPS) is 25.3. The smallest absolute Gasteiger partial charge is 0.131 e. The van der Waals surface area contributed by atoms with Crippen LogP contribution in [0, 0.1) is 5.92 Å². The molecule has 2 rings (SSSR count). The van der Waals surface area contributed by atoms with Crippen molar-refractivity contribution in [2.75, 3.05) is 17.7 Å². The molecule has 5 heteroatoms. The summed E-state index contributed by atoms with van der Waals surface area (Å²) in [6, 6.07) is 2.02. The van der Waals surface area contributed by atoms with Crippen molar-refractivity contribution in [3.63, 3.8) is 0 Å². The molecule has 2 unspecified atom stereocenters. The predicted molar refractivity (Wildman–Crippen MR) is 62.9 cm³/mol. The fourth-order valence-corrected chi connectivity index (χ4v) is 2.26. The van der Waals surface area contributed by atoms with Gasteiger partial charge >= 0.3 is 0 Å². The minimum atomic E-state index is 0.234. The van der Waals surface area contributed by atoms with Crippen LogP contribution in [0.2, 0.25) is 0 Å². The van der Waals surface area contributed by atoms with Gasteiger partial charge in [-0.2, -0.15) is 0 Å². The van der Waals surface area contributed by atoms with Gasteiger partial charge < -0.3 is 16.2 Å². The molecule has 0 spiro atoms. The second kappa shape index (κ2) is 5.12. The zero-order valence-electron chi connectivity index (χ0n) is 9.26. The van der Waals surface area contributed by atoms with E-state index in [2.05, 4.69) is 15.3 Å². The number of nitrogens with one attached hydrogen (secondary N) is 1. The Bertz CT molecular complexity index is 345. The van der Waals surface area contributed by atoms with Gasteiger partial charge in [-0.25, -0.2) is 9.97 Å². The largest absolute Gasteiger partial charge is 0.396 e. The third kappa shape index (κ3) is 2.61.